The molecule has 2 rings (SSSR count). The normalized spacial score (nSPS) is 19.5. The van der Waals surface area contributed by atoms with Crippen LogP contribution in [0.2, 0.25) is 0 Å². The van der Waals surface area contributed by atoms with E-state index in [9.17, 15) is 15.2 Å². The Hall–Kier alpha value is -1.86. The van der Waals surface area contributed by atoms with E-state index in [0.717, 1.165) is 5.56 Å². The SMILES string of the molecule is CC1(O)CCN(C(=O)C(C#N)c2ccccc2)CC1. The highest BCUT2D eigenvalue weighted by atomic mass is 16.3. The molecule has 1 atom stereocenters. The highest BCUT2D eigenvalue weighted by molar-refractivity contribution is 5.86. The van der Waals surface area contributed by atoms with Crippen LogP contribution >= 0.6 is 0 Å². The number of nitrogens with zero attached hydrogens (tertiary/aromatic N) is 2. The van der Waals surface area contributed by atoms with Crippen molar-refractivity contribution in [3.63, 3.8) is 0 Å². The molecule has 19 heavy (non-hydrogen) atoms. The number of hydrogen-bond acceptors (Lipinski definition) is 3. The first kappa shape index (κ1) is 13.6. The summed E-state index contributed by atoms with van der Waals surface area (Å²) in [7, 11) is 0. The lowest BCUT2D eigenvalue weighted by atomic mass is 9.92. The first-order valence-corrected chi connectivity index (χ1v) is 6.49. The van der Waals surface area contributed by atoms with Gasteiger partial charge in [0.05, 0.1) is 11.7 Å². The molecule has 1 heterocycles. The second-order valence-electron chi connectivity index (χ2n) is 5.30. The number of carbonyl (C=O) groups excluding carboxylic acids is 1. The van der Waals surface area contributed by atoms with Gasteiger partial charge in [-0.25, -0.2) is 0 Å². The van der Waals surface area contributed by atoms with Crippen LogP contribution in [0.5, 0.6) is 0 Å². The third-order valence-electron chi connectivity index (χ3n) is 3.66. The van der Waals surface area contributed by atoms with Gasteiger partial charge in [-0.15, -0.1) is 0 Å². The Morgan fingerprint density at radius 3 is 2.47 bits per heavy atom. The average Bonchev–Trinajstić information content (AvgIpc) is 2.40. The Kier molecular flexibility index (Phi) is 3.87. The van der Waals surface area contributed by atoms with Gasteiger partial charge in [0, 0.05) is 13.1 Å². The molecule has 4 heteroatoms. The molecule has 1 saturated heterocycles. The molecule has 100 valence electrons. The predicted octanol–water partition coefficient (Wildman–Crippen LogP) is 1.67. The molecule has 4 nitrogen and oxygen atoms in total. The first-order chi connectivity index (χ1) is 9.03. The van der Waals surface area contributed by atoms with Crippen LogP contribution in [0.15, 0.2) is 30.3 Å². The van der Waals surface area contributed by atoms with Crippen molar-refractivity contribution in [2.75, 3.05) is 13.1 Å². The van der Waals surface area contributed by atoms with Crippen LogP contribution in [0.25, 0.3) is 0 Å². The Bertz CT molecular complexity index is 481. The van der Waals surface area contributed by atoms with E-state index in [1.54, 1.807) is 24.0 Å². The van der Waals surface area contributed by atoms with Crippen molar-refractivity contribution in [1.29, 1.82) is 5.26 Å². The van der Waals surface area contributed by atoms with Gasteiger partial charge in [0.25, 0.3) is 0 Å². The first-order valence-electron chi connectivity index (χ1n) is 6.49. The Balaban J connectivity index is 2.09. The van der Waals surface area contributed by atoms with Crippen LogP contribution in [-0.4, -0.2) is 34.6 Å². The minimum Gasteiger partial charge on any atom is -0.390 e. The van der Waals surface area contributed by atoms with Gasteiger partial charge in [-0.05, 0) is 25.3 Å². The van der Waals surface area contributed by atoms with E-state index in [2.05, 4.69) is 6.07 Å². The average molecular weight is 258 g/mol. The quantitative estimate of drug-likeness (QED) is 0.877. The van der Waals surface area contributed by atoms with Gasteiger partial charge in [0.1, 0.15) is 5.92 Å². The molecule has 0 bridgehead atoms. The second-order valence-corrected chi connectivity index (χ2v) is 5.30. The molecule has 1 aromatic rings. The number of carbonyl (C=O) groups is 1. The predicted molar refractivity (Wildman–Crippen MR) is 71.2 cm³/mol. The molecule has 1 amide bonds. The monoisotopic (exact) mass is 258 g/mol. The zero-order valence-electron chi connectivity index (χ0n) is 11.0. The van der Waals surface area contributed by atoms with E-state index >= 15 is 0 Å². The fraction of sp³-hybridized carbons (Fsp3) is 0.467. The second kappa shape index (κ2) is 5.41. The zero-order chi connectivity index (χ0) is 13.9. The van der Waals surface area contributed by atoms with Crippen molar-refractivity contribution in [2.45, 2.75) is 31.3 Å². The largest absolute Gasteiger partial charge is 0.390 e. The van der Waals surface area contributed by atoms with E-state index in [1.807, 2.05) is 18.2 Å². The van der Waals surface area contributed by atoms with Crippen molar-refractivity contribution in [1.82, 2.24) is 4.90 Å². The maximum absolute atomic E-state index is 12.4. The topological polar surface area (TPSA) is 64.3 Å². The Morgan fingerprint density at radius 2 is 1.95 bits per heavy atom. The van der Waals surface area contributed by atoms with Gasteiger partial charge in [-0.3, -0.25) is 4.79 Å². The molecule has 1 N–H and O–H groups in total. The number of benzene rings is 1. The van der Waals surface area contributed by atoms with Gasteiger partial charge < -0.3 is 10.0 Å². The summed E-state index contributed by atoms with van der Waals surface area (Å²) in [5.41, 5.74) is 0.0402. The summed E-state index contributed by atoms with van der Waals surface area (Å²) >= 11 is 0. The molecular formula is C15H18N2O2. The third-order valence-corrected chi connectivity index (χ3v) is 3.66. The number of nitriles is 1. The van der Waals surface area contributed by atoms with E-state index in [4.69, 9.17) is 0 Å². The maximum Gasteiger partial charge on any atom is 0.244 e. The van der Waals surface area contributed by atoms with Gasteiger partial charge in [-0.2, -0.15) is 5.26 Å². The van der Waals surface area contributed by atoms with E-state index in [1.165, 1.54) is 0 Å². The lowest BCUT2D eigenvalue weighted by Crippen LogP contribution is -2.46. The third kappa shape index (κ3) is 3.12. The van der Waals surface area contributed by atoms with Crippen LogP contribution in [0.3, 0.4) is 0 Å². The number of amides is 1. The summed E-state index contributed by atoms with van der Waals surface area (Å²) < 4.78 is 0. The molecule has 0 aromatic heterocycles. The van der Waals surface area contributed by atoms with E-state index in [-0.39, 0.29) is 5.91 Å². The van der Waals surface area contributed by atoms with Crippen molar-refractivity contribution < 1.29 is 9.90 Å². The number of hydrogen-bond donors (Lipinski definition) is 1. The molecule has 0 aliphatic carbocycles. The highest BCUT2D eigenvalue weighted by Crippen LogP contribution is 2.25. The lowest BCUT2D eigenvalue weighted by Gasteiger charge is -2.36. The molecular weight excluding hydrogens is 240 g/mol. The fourth-order valence-electron chi connectivity index (χ4n) is 2.31. The minimum absolute atomic E-state index is 0.163. The summed E-state index contributed by atoms with van der Waals surface area (Å²) in [4.78, 5) is 14.0. The molecule has 1 unspecified atom stereocenters. The summed E-state index contributed by atoms with van der Waals surface area (Å²) in [6.07, 6.45) is 1.12. The fourth-order valence-corrected chi connectivity index (χ4v) is 2.31. The Labute approximate surface area is 113 Å². The summed E-state index contributed by atoms with van der Waals surface area (Å²) in [6, 6.07) is 11.2. The van der Waals surface area contributed by atoms with Crippen LogP contribution < -0.4 is 0 Å². The molecule has 1 aromatic carbocycles. The lowest BCUT2D eigenvalue weighted by molar-refractivity contribution is -0.135. The number of aliphatic hydroxyl groups is 1. The van der Waals surface area contributed by atoms with Crippen molar-refractivity contribution >= 4 is 5.91 Å². The molecule has 1 fully saturated rings. The van der Waals surface area contributed by atoms with Gasteiger partial charge in [-0.1, -0.05) is 30.3 Å². The smallest absolute Gasteiger partial charge is 0.244 e. The summed E-state index contributed by atoms with van der Waals surface area (Å²) in [5, 5.41) is 19.1. The van der Waals surface area contributed by atoms with Crippen LogP contribution in [0.1, 0.15) is 31.2 Å². The maximum atomic E-state index is 12.4. The number of piperidine rings is 1. The number of likely N-dealkylation sites (tertiary alicyclic amines) is 1. The molecule has 1 aliphatic rings. The van der Waals surface area contributed by atoms with Crippen molar-refractivity contribution in [3.05, 3.63) is 35.9 Å². The Morgan fingerprint density at radius 1 is 1.37 bits per heavy atom. The van der Waals surface area contributed by atoms with Crippen molar-refractivity contribution in [2.24, 2.45) is 0 Å². The molecule has 1 aliphatic heterocycles. The van der Waals surface area contributed by atoms with Gasteiger partial charge >= 0.3 is 0 Å². The number of rotatable bonds is 2. The minimum atomic E-state index is -0.746. The van der Waals surface area contributed by atoms with Crippen LogP contribution in [0, 0.1) is 11.3 Å². The highest BCUT2D eigenvalue weighted by Gasteiger charge is 2.33. The van der Waals surface area contributed by atoms with Crippen LogP contribution in [0.4, 0.5) is 0 Å². The molecule has 0 radical (unpaired) electrons. The molecule has 0 spiro atoms. The van der Waals surface area contributed by atoms with Crippen molar-refractivity contribution in [3.8, 4) is 6.07 Å². The standard InChI is InChI=1S/C15H18N2O2/c1-15(19)7-9-17(10-8-15)14(18)13(11-16)12-5-3-2-4-6-12/h2-6,13,19H,7-10H2,1H3. The van der Waals surface area contributed by atoms with E-state index in [0.29, 0.717) is 25.9 Å². The van der Waals surface area contributed by atoms with E-state index < -0.39 is 11.5 Å². The van der Waals surface area contributed by atoms with Crippen LogP contribution in [-0.2, 0) is 4.79 Å². The summed E-state index contributed by atoms with van der Waals surface area (Å²) in [5.74, 6) is -0.909. The van der Waals surface area contributed by atoms with Gasteiger partial charge in [0.15, 0.2) is 0 Å². The summed E-state index contributed by atoms with van der Waals surface area (Å²) in [6.45, 7) is 2.81. The molecule has 0 saturated carbocycles. The zero-order valence-corrected chi connectivity index (χ0v) is 11.0. The van der Waals surface area contributed by atoms with Gasteiger partial charge in [0.2, 0.25) is 5.91 Å².